The Hall–Kier alpha value is -1.88. The fraction of sp³-hybridized carbons (Fsp3) is 0.385. The lowest BCUT2D eigenvalue weighted by molar-refractivity contribution is 0.0651. The predicted octanol–water partition coefficient (Wildman–Crippen LogP) is 1.03. The van der Waals surface area contributed by atoms with E-state index in [0.29, 0.717) is 36.2 Å². The minimum absolute atomic E-state index is 0.138. The molecule has 1 aliphatic heterocycles. The number of imide groups is 1. The zero-order valence-electron chi connectivity index (χ0n) is 10.1. The number of aliphatic hydroxyl groups is 1. The molecule has 0 atom stereocenters. The highest BCUT2D eigenvalue weighted by atomic mass is 16.3. The van der Waals surface area contributed by atoms with E-state index in [-0.39, 0.29) is 18.4 Å². The summed E-state index contributed by atoms with van der Waals surface area (Å²) in [6.45, 7) is 0.533. The van der Waals surface area contributed by atoms with Crippen LogP contribution in [-0.4, -0.2) is 35.0 Å². The number of fused-ring (bicyclic) bond motifs is 1. The van der Waals surface area contributed by atoms with Crippen molar-refractivity contribution >= 4 is 17.5 Å². The van der Waals surface area contributed by atoms with E-state index in [1.165, 1.54) is 4.90 Å². The van der Waals surface area contributed by atoms with Gasteiger partial charge >= 0.3 is 0 Å². The molecule has 96 valence electrons. The van der Waals surface area contributed by atoms with Crippen molar-refractivity contribution in [3.05, 3.63) is 29.3 Å². The van der Waals surface area contributed by atoms with Crippen molar-refractivity contribution < 1.29 is 14.7 Å². The van der Waals surface area contributed by atoms with E-state index in [9.17, 15) is 9.59 Å². The van der Waals surface area contributed by atoms with E-state index in [1.54, 1.807) is 18.2 Å². The fourth-order valence-corrected chi connectivity index (χ4v) is 2.07. The molecule has 3 N–H and O–H groups in total. The zero-order chi connectivity index (χ0) is 13.1. The minimum atomic E-state index is -0.272. The number of nitrogens with zero attached hydrogens (tertiary/aromatic N) is 1. The van der Waals surface area contributed by atoms with Crippen LogP contribution in [0.2, 0.25) is 0 Å². The van der Waals surface area contributed by atoms with Crippen LogP contribution in [0.3, 0.4) is 0 Å². The van der Waals surface area contributed by atoms with Crippen LogP contribution in [0.5, 0.6) is 0 Å². The van der Waals surface area contributed by atoms with Gasteiger partial charge in [-0.05, 0) is 37.5 Å². The van der Waals surface area contributed by atoms with Gasteiger partial charge in [0.2, 0.25) is 0 Å². The normalized spacial score (nSPS) is 14.2. The summed E-state index contributed by atoms with van der Waals surface area (Å²) >= 11 is 0. The van der Waals surface area contributed by atoms with E-state index >= 15 is 0 Å². The Morgan fingerprint density at radius 3 is 2.50 bits per heavy atom. The molecule has 0 saturated heterocycles. The monoisotopic (exact) mass is 248 g/mol. The van der Waals surface area contributed by atoms with Crippen molar-refractivity contribution in [2.24, 2.45) is 0 Å². The second-order valence-electron chi connectivity index (χ2n) is 4.35. The Morgan fingerprint density at radius 1 is 1.06 bits per heavy atom. The van der Waals surface area contributed by atoms with E-state index in [1.807, 2.05) is 0 Å². The first-order valence-electron chi connectivity index (χ1n) is 6.01. The molecule has 18 heavy (non-hydrogen) atoms. The molecule has 0 saturated carbocycles. The van der Waals surface area contributed by atoms with Crippen molar-refractivity contribution in [3.8, 4) is 0 Å². The Bertz CT molecular complexity index is 485. The lowest BCUT2D eigenvalue weighted by Gasteiger charge is -2.12. The molecule has 0 unspecified atom stereocenters. The highest BCUT2D eigenvalue weighted by molar-refractivity contribution is 6.21. The molecule has 5 nitrogen and oxygen atoms in total. The van der Waals surface area contributed by atoms with Crippen LogP contribution < -0.4 is 5.73 Å². The quantitative estimate of drug-likeness (QED) is 0.463. The van der Waals surface area contributed by atoms with Gasteiger partial charge in [0.25, 0.3) is 11.8 Å². The third-order valence-corrected chi connectivity index (χ3v) is 3.03. The number of hydrogen-bond donors (Lipinski definition) is 2. The first-order chi connectivity index (χ1) is 8.65. The maximum atomic E-state index is 12.0. The Kier molecular flexibility index (Phi) is 3.62. The van der Waals surface area contributed by atoms with Gasteiger partial charge in [-0.25, -0.2) is 0 Å². The lowest BCUT2D eigenvalue weighted by atomic mass is 10.1. The van der Waals surface area contributed by atoms with Crippen LogP contribution in [0, 0.1) is 0 Å². The van der Waals surface area contributed by atoms with Gasteiger partial charge in [-0.3, -0.25) is 14.5 Å². The van der Waals surface area contributed by atoms with Gasteiger partial charge in [0.1, 0.15) is 0 Å². The third kappa shape index (κ3) is 2.22. The smallest absolute Gasteiger partial charge is 0.261 e. The topological polar surface area (TPSA) is 83.6 Å². The Labute approximate surface area is 105 Å². The van der Waals surface area contributed by atoms with Crippen molar-refractivity contribution in [2.45, 2.75) is 19.3 Å². The fourth-order valence-electron chi connectivity index (χ4n) is 2.07. The molecule has 0 fully saturated rings. The van der Waals surface area contributed by atoms with Gasteiger partial charge in [0.05, 0.1) is 11.1 Å². The van der Waals surface area contributed by atoms with Crippen LogP contribution in [0.4, 0.5) is 5.69 Å². The van der Waals surface area contributed by atoms with E-state index in [0.717, 1.165) is 6.42 Å². The summed E-state index contributed by atoms with van der Waals surface area (Å²) < 4.78 is 0. The van der Waals surface area contributed by atoms with Crippen LogP contribution in [0.15, 0.2) is 18.2 Å². The number of carbonyl (C=O) groups excluding carboxylic acids is 2. The number of anilines is 1. The molecule has 2 rings (SSSR count). The third-order valence-electron chi connectivity index (χ3n) is 3.03. The molecule has 0 radical (unpaired) electrons. The van der Waals surface area contributed by atoms with Gasteiger partial charge in [-0.15, -0.1) is 0 Å². The standard InChI is InChI=1S/C13H16N2O3/c14-9-4-5-10-11(8-9)13(18)15(12(10)17)6-2-1-3-7-16/h4-5,8,16H,1-3,6-7,14H2. The zero-order valence-corrected chi connectivity index (χ0v) is 10.1. The predicted molar refractivity (Wildman–Crippen MR) is 67.2 cm³/mol. The number of amides is 2. The SMILES string of the molecule is Nc1ccc2c(c1)C(=O)N(CCCCCO)C2=O. The van der Waals surface area contributed by atoms with E-state index in [2.05, 4.69) is 0 Å². The number of aliphatic hydroxyl groups excluding tert-OH is 1. The van der Waals surface area contributed by atoms with Crippen molar-refractivity contribution in [1.82, 2.24) is 4.90 Å². The molecular weight excluding hydrogens is 232 g/mol. The number of nitrogen functional groups attached to an aromatic ring is 1. The molecule has 1 heterocycles. The molecular formula is C13H16N2O3. The molecule has 1 aliphatic rings. The van der Waals surface area contributed by atoms with Gasteiger partial charge in [0, 0.05) is 18.8 Å². The van der Waals surface area contributed by atoms with E-state index < -0.39 is 0 Å². The van der Waals surface area contributed by atoms with Gasteiger partial charge in [0.15, 0.2) is 0 Å². The number of unbranched alkanes of at least 4 members (excludes halogenated alkanes) is 2. The van der Waals surface area contributed by atoms with Crippen molar-refractivity contribution in [1.29, 1.82) is 0 Å². The summed E-state index contributed by atoms with van der Waals surface area (Å²) in [5.41, 5.74) is 6.92. The largest absolute Gasteiger partial charge is 0.399 e. The number of hydrogen-bond acceptors (Lipinski definition) is 4. The Morgan fingerprint density at radius 2 is 1.78 bits per heavy atom. The van der Waals surface area contributed by atoms with Crippen LogP contribution in [0.25, 0.3) is 0 Å². The number of nitrogens with two attached hydrogens (primary N) is 1. The second kappa shape index (κ2) is 5.18. The first-order valence-corrected chi connectivity index (χ1v) is 6.01. The highest BCUT2D eigenvalue weighted by Gasteiger charge is 2.34. The van der Waals surface area contributed by atoms with Crippen molar-refractivity contribution in [2.75, 3.05) is 18.9 Å². The summed E-state index contributed by atoms with van der Waals surface area (Å²) in [6, 6.07) is 4.77. The summed E-state index contributed by atoms with van der Waals surface area (Å²) in [5, 5.41) is 8.67. The second-order valence-corrected chi connectivity index (χ2v) is 4.35. The van der Waals surface area contributed by atoms with Crippen LogP contribution in [-0.2, 0) is 0 Å². The summed E-state index contributed by atoms with van der Waals surface area (Å²) in [7, 11) is 0. The molecule has 0 aliphatic carbocycles. The van der Waals surface area contributed by atoms with E-state index in [4.69, 9.17) is 10.8 Å². The average Bonchev–Trinajstić information content (AvgIpc) is 2.59. The maximum Gasteiger partial charge on any atom is 0.261 e. The number of carbonyl (C=O) groups is 2. The number of benzene rings is 1. The molecule has 0 aromatic heterocycles. The van der Waals surface area contributed by atoms with Gasteiger partial charge in [-0.2, -0.15) is 0 Å². The summed E-state index contributed by atoms with van der Waals surface area (Å²) in [5.74, 6) is -0.523. The maximum absolute atomic E-state index is 12.0. The molecule has 0 spiro atoms. The van der Waals surface area contributed by atoms with Gasteiger partial charge < -0.3 is 10.8 Å². The Balaban J connectivity index is 2.08. The average molecular weight is 248 g/mol. The lowest BCUT2D eigenvalue weighted by Crippen LogP contribution is -2.30. The molecule has 1 aromatic rings. The summed E-state index contributed by atoms with van der Waals surface area (Å²) in [4.78, 5) is 25.3. The molecule has 5 heteroatoms. The van der Waals surface area contributed by atoms with Gasteiger partial charge in [-0.1, -0.05) is 0 Å². The minimum Gasteiger partial charge on any atom is -0.399 e. The first kappa shape index (κ1) is 12.6. The van der Waals surface area contributed by atoms with Crippen molar-refractivity contribution in [3.63, 3.8) is 0 Å². The number of rotatable bonds is 5. The summed E-state index contributed by atoms with van der Waals surface area (Å²) in [6.07, 6.45) is 2.20. The van der Waals surface area contributed by atoms with Crippen LogP contribution >= 0.6 is 0 Å². The van der Waals surface area contributed by atoms with Crippen LogP contribution in [0.1, 0.15) is 40.0 Å². The molecule has 2 amide bonds. The molecule has 1 aromatic carbocycles. The molecule has 0 bridgehead atoms. The highest BCUT2D eigenvalue weighted by Crippen LogP contribution is 2.25.